The second-order valence-corrected chi connectivity index (χ2v) is 3.34. The molecule has 0 fully saturated rings. The van der Waals surface area contributed by atoms with E-state index in [-0.39, 0.29) is 12.3 Å². The number of nitrogens with one attached hydrogen (secondary N) is 1. The number of carbonyl (C=O) groups excluding carboxylic acids is 1. The highest BCUT2D eigenvalue weighted by Crippen LogP contribution is 2.13. The number of ether oxygens (including phenoxy) is 1. The first-order chi connectivity index (χ1) is 8.54. The molecule has 1 aromatic rings. The summed E-state index contributed by atoms with van der Waals surface area (Å²) in [7, 11) is 0. The molecule has 0 unspecified atom stereocenters. The smallest absolute Gasteiger partial charge is 0.427 e. The molecule has 1 rings (SSSR count). The van der Waals surface area contributed by atoms with Gasteiger partial charge in [-0.25, -0.2) is 10.2 Å². The van der Waals surface area contributed by atoms with Crippen LogP contribution in [0.15, 0.2) is 29.4 Å². The largest absolute Gasteiger partial charge is 0.449 e. The SMILES string of the molecule is CCOC(=O)NN=C(C)c1cccc([N+](=O)[O-])c1. The standard InChI is InChI=1S/C11H13N3O4/c1-3-18-11(15)13-12-8(2)9-5-4-6-10(7-9)14(16)17/h4-7H,3H2,1-2H3,(H,13,15). The zero-order chi connectivity index (χ0) is 13.5. The van der Waals surface area contributed by atoms with Crippen LogP contribution in [0.5, 0.6) is 0 Å². The maximum absolute atomic E-state index is 11.0. The highest BCUT2D eigenvalue weighted by Gasteiger charge is 2.07. The first-order valence-corrected chi connectivity index (χ1v) is 5.26. The molecule has 96 valence electrons. The molecule has 1 amide bonds. The molecule has 1 N–H and O–H groups in total. The molecule has 7 heteroatoms. The van der Waals surface area contributed by atoms with Crippen molar-refractivity contribution < 1.29 is 14.5 Å². The van der Waals surface area contributed by atoms with Gasteiger partial charge >= 0.3 is 6.09 Å². The fraction of sp³-hybridized carbons (Fsp3) is 0.273. The Morgan fingerprint density at radius 2 is 2.28 bits per heavy atom. The minimum Gasteiger partial charge on any atom is -0.449 e. The number of nitro benzene ring substituents is 1. The number of hydrogen-bond donors (Lipinski definition) is 1. The van der Waals surface area contributed by atoms with E-state index in [4.69, 9.17) is 0 Å². The van der Waals surface area contributed by atoms with Gasteiger partial charge in [0, 0.05) is 17.7 Å². The van der Waals surface area contributed by atoms with Crippen molar-refractivity contribution in [1.82, 2.24) is 5.43 Å². The normalized spacial score (nSPS) is 10.9. The van der Waals surface area contributed by atoms with E-state index in [0.29, 0.717) is 11.3 Å². The van der Waals surface area contributed by atoms with Crippen LogP contribution in [0, 0.1) is 10.1 Å². The molecule has 0 radical (unpaired) electrons. The van der Waals surface area contributed by atoms with Crippen molar-refractivity contribution in [2.45, 2.75) is 13.8 Å². The predicted octanol–water partition coefficient (Wildman–Crippen LogP) is 2.06. The van der Waals surface area contributed by atoms with E-state index in [9.17, 15) is 14.9 Å². The second kappa shape index (κ2) is 6.33. The number of nitro groups is 1. The Balaban J connectivity index is 2.80. The number of non-ortho nitro benzene ring substituents is 1. The summed E-state index contributed by atoms with van der Waals surface area (Å²) in [5.41, 5.74) is 3.17. The van der Waals surface area contributed by atoms with E-state index in [1.165, 1.54) is 12.1 Å². The minimum absolute atomic E-state index is 0.0295. The quantitative estimate of drug-likeness (QED) is 0.503. The van der Waals surface area contributed by atoms with Crippen LogP contribution < -0.4 is 5.43 Å². The van der Waals surface area contributed by atoms with Gasteiger partial charge in [0.25, 0.3) is 5.69 Å². The zero-order valence-electron chi connectivity index (χ0n) is 10.0. The predicted molar refractivity (Wildman–Crippen MR) is 65.5 cm³/mol. The lowest BCUT2D eigenvalue weighted by molar-refractivity contribution is -0.384. The van der Waals surface area contributed by atoms with E-state index in [1.807, 2.05) is 0 Å². The number of benzene rings is 1. The summed E-state index contributed by atoms with van der Waals surface area (Å²) < 4.78 is 4.62. The fourth-order valence-corrected chi connectivity index (χ4v) is 1.20. The van der Waals surface area contributed by atoms with Gasteiger partial charge in [-0.05, 0) is 13.8 Å². The Kier molecular flexibility index (Phi) is 4.79. The maximum Gasteiger partial charge on any atom is 0.427 e. The average Bonchev–Trinajstić information content (AvgIpc) is 2.36. The average molecular weight is 251 g/mol. The van der Waals surface area contributed by atoms with E-state index >= 15 is 0 Å². The van der Waals surface area contributed by atoms with Crippen molar-refractivity contribution in [3.8, 4) is 0 Å². The first-order valence-electron chi connectivity index (χ1n) is 5.26. The van der Waals surface area contributed by atoms with E-state index in [0.717, 1.165) is 0 Å². The highest BCUT2D eigenvalue weighted by atomic mass is 16.6. The Hall–Kier alpha value is -2.44. The first kappa shape index (κ1) is 13.6. The number of carbonyl (C=O) groups is 1. The van der Waals surface area contributed by atoms with Gasteiger partial charge in [-0.15, -0.1) is 0 Å². The molecule has 0 saturated heterocycles. The van der Waals surface area contributed by atoms with E-state index in [2.05, 4.69) is 15.3 Å². The van der Waals surface area contributed by atoms with Gasteiger partial charge < -0.3 is 4.74 Å². The summed E-state index contributed by atoms with van der Waals surface area (Å²) in [6.07, 6.45) is -0.665. The topological polar surface area (TPSA) is 93.8 Å². The van der Waals surface area contributed by atoms with Crippen molar-refractivity contribution in [3.05, 3.63) is 39.9 Å². The van der Waals surface area contributed by atoms with Gasteiger partial charge in [0.1, 0.15) is 0 Å². The zero-order valence-corrected chi connectivity index (χ0v) is 10.0. The highest BCUT2D eigenvalue weighted by molar-refractivity contribution is 5.99. The monoisotopic (exact) mass is 251 g/mol. The number of nitrogens with zero attached hydrogens (tertiary/aromatic N) is 2. The Morgan fingerprint density at radius 3 is 2.89 bits per heavy atom. The molecular formula is C11H13N3O4. The summed E-state index contributed by atoms with van der Waals surface area (Å²) in [6, 6.07) is 5.98. The van der Waals surface area contributed by atoms with Gasteiger partial charge in [0.05, 0.1) is 17.2 Å². The number of amides is 1. The van der Waals surface area contributed by atoms with Crippen LogP contribution >= 0.6 is 0 Å². The molecule has 1 aromatic carbocycles. The van der Waals surface area contributed by atoms with E-state index < -0.39 is 11.0 Å². The van der Waals surface area contributed by atoms with Gasteiger partial charge in [-0.2, -0.15) is 5.10 Å². The lowest BCUT2D eigenvalue weighted by Gasteiger charge is -2.02. The number of hydrazone groups is 1. The summed E-state index contributed by atoms with van der Waals surface area (Å²) in [5, 5.41) is 14.4. The summed E-state index contributed by atoms with van der Waals surface area (Å²) in [5.74, 6) is 0. The molecule has 0 bridgehead atoms. The Labute approximate surface area is 104 Å². The summed E-state index contributed by atoms with van der Waals surface area (Å²) in [4.78, 5) is 21.1. The Morgan fingerprint density at radius 1 is 1.56 bits per heavy atom. The van der Waals surface area contributed by atoms with Crippen LogP contribution in [0.25, 0.3) is 0 Å². The maximum atomic E-state index is 11.0. The molecule has 0 aliphatic heterocycles. The van der Waals surface area contributed by atoms with Crippen molar-refractivity contribution in [1.29, 1.82) is 0 Å². The third-order valence-corrected chi connectivity index (χ3v) is 2.07. The molecular weight excluding hydrogens is 238 g/mol. The molecule has 0 heterocycles. The van der Waals surface area contributed by atoms with Gasteiger partial charge in [0.2, 0.25) is 0 Å². The third kappa shape index (κ3) is 3.85. The molecule has 0 spiro atoms. The van der Waals surface area contributed by atoms with Crippen LogP contribution in [0.1, 0.15) is 19.4 Å². The van der Waals surface area contributed by atoms with Crippen LogP contribution in [-0.4, -0.2) is 23.3 Å². The minimum atomic E-state index is -0.665. The molecule has 0 aliphatic carbocycles. The van der Waals surface area contributed by atoms with Crippen LogP contribution in [0.3, 0.4) is 0 Å². The molecule has 18 heavy (non-hydrogen) atoms. The van der Waals surface area contributed by atoms with Crippen LogP contribution in [0.2, 0.25) is 0 Å². The second-order valence-electron chi connectivity index (χ2n) is 3.34. The molecule has 0 aromatic heterocycles. The van der Waals surface area contributed by atoms with Gasteiger partial charge in [-0.3, -0.25) is 10.1 Å². The van der Waals surface area contributed by atoms with Crippen molar-refractivity contribution in [2.75, 3.05) is 6.61 Å². The van der Waals surface area contributed by atoms with Crippen LogP contribution in [0.4, 0.5) is 10.5 Å². The van der Waals surface area contributed by atoms with E-state index in [1.54, 1.807) is 26.0 Å². The third-order valence-electron chi connectivity index (χ3n) is 2.07. The fourth-order valence-electron chi connectivity index (χ4n) is 1.20. The molecule has 7 nitrogen and oxygen atoms in total. The number of hydrogen-bond acceptors (Lipinski definition) is 5. The number of rotatable bonds is 4. The van der Waals surface area contributed by atoms with Crippen molar-refractivity contribution >= 4 is 17.5 Å². The lowest BCUT2D eigenvalue weighted by Crippen LogP contribution is -2.20. The van der Waals surface area contributed by atoms with Crippen molar-refractivity contribution in [3.63, 3.8) is 0 Å². The summed E-state index contributed by atoms with van der Waals surface area (Å²) >= 11 is 0. The van der Waals surface area contributed by atoms with Gasteiger partial charge in [-0.1, -0.05) is 12.1 Å². The summed E-state index contributed by atoms with van der Waals surface area (Å²) in [6.45, 7) is 3.55. The van der Waals surface area contributed by atoms with Crippen LogP contribution in [-0.2, 0) is 4.74 Å². The molecule has 0 aliphatic rings. The Bertz CT molecular complexity index is 485. The van der Waals surface area contributed by atoms with Gasteiger partial charge in [0.15, 0.2) is 0 Å². The molecule has 0 saturated carbocycles. The molecule has 0 atom stereocenters. The lowest BCUT2D eigenvalue weighted by atomic mass is 10.1. The van der Waals surface area contributed by atoms with Crippen molar-refractivity contribution in [2.24, 2.45) is 5.10 Å².